The van der Waals surface area contributed by atoms with Crippen molar-refractivity contribution in [1.29, 1.82) is 0 Å². The van der Waals surface area contributed by atoms with Crippen LogP contribution in [0.25, 0.3) is 0 Å². The molecule has 0 aliphatic heterocycles. The maximum Gasteiger partial charge on any atom is 0.285 e. The maximum atomic E-state index is 13.2. The number of hydrogen-bond acceptors (Lipinski definition) is 4. The number of carbonyl (C=O) groups excluding carboxylic acids is 1. The first-order chi connectivity index (χ1) is 9.77. The molecule has 8 heteroatoms. The zero-order valence-corrected chi connectivity index (χ0v) is 11.9. The fraction of sp³-hybridized carbons (Fsp3) is 0.462. The van der Waals surface area contributed by atoms with Gasteiger partial charge in [-0.2, -0.15) is 0 Å². The van der Waals surface area contributed by atoms with Crippen LogP contribution in [0.1, 0.15) is 24.2 Å². The van der Waals surface area contributed by atoms with E-state index in [-0.39, 0.29) is 12.5 Å². The molecule has 1 unspecified atom stereocenters. The molecular formula is C13H16F2N2O4. The highest BCUT2D eigenvalue weighted by molar-refractivity contribution is 5.98. The number of hydrogen-bond donors (Lipinski definition) is 1. The zero-order valence-electron chi connectivity index (χ0n) is 11.9. The summed E-state index contributed by atoms with van der Waals surface area (Å²) in [5.74, 6) is -3.55. The van der Waals surface area contributed by atoms with Crippen molar-refractivity contribution in [2.24, 2.45) is 5.92 Å². The van der Waals surface area contributed by atoms with Crippen molar-refractivity contribution in [3.63, 3.8) is 0 Å². The Balaban J connectivity index is 3.11. The highest BCUT2D eigenvalue weighted by atomic mass is 19.2. The second-order valence-electron chi connectivity index (χ2n) is 4.82. The van der Waals surface area contributed by atoms with Crippen molar-refractivity contribution in [2.45, 2.75) is 19.9 Å². The molecule has 0 aromatic heterocycles. The highest BCUT2D eigenvalue weighted by Crippen LogP contribution is 2.22. The van der Waals surface area contributed by atoms with Gasteiger partial charge in [-0.3, -0.25) is 14.9 Å². The third kappa shape index (κ3) is 4.19. The van der Waals surface area contributed by atoms with Crippen molar-refractivity contribution in [2.75, 3.05) is 13.7 Å². The predicted octanol–water partition coefficient (Wildman–Crippen LogP) is 2.27. The summed E-state index contributed by atoms with van der Waals surface area (Å²) >= 11 is 0. The third-order valence-corrected chi connectivity index (χ3v) is 2.95. The summed E-state index contributed by atoms with van der Waals surface area (Å²) in [6, 6.07) is 0.507. The molecule has 0 bridgehead atoms. The molecule has 1 rings (SSSR count). The molecule has 21 heavy (non-hydrogen) atoms. The van der Waals surface area contributed by atoms with Crippen molar-refractivity contribution in [1.82, 2.24) is 5.32 Å². The molecule has 0 saturated heterocycles. The Bertz CT molecular complexity index is 549. The van der Waals surface area contributed by atoms with Crippen LogP contribution in [0, 0.1) is 27.7 Å². The molecule has 0 saturated carbocycles. The average Bonchev–Trinajstić information content (AvgIpc) is 2.40. The molecule has 1 atom stereocenters. The van der Waals surface area contributed by atoms with Gasteiger partial charge in [0.1, 0.15) is 5.56 Å². The van der Waals surface area contributed by atoms with Crippen molar-refractivity contribution >= 4 is 11.6 Å². The Hall–Kier alpha value is -2.09. The van der Waals surface area contributed by atoms with Gasteiger partial charge in [0.05, 0.1) is 23.6 Å². The van der Waals surface area contributed by atoms with Crippen LogP contribution in [0.5, 0.6) is 0 Å². The van der Waals surface area contributed by atoms with Crippen LogP contribution < -0.4 is 5.32 Å². The number of nitrogens with one attached hydrogen (secondary N) is 1. The van der Waals surface area contributed by atoms with Crippen LogP contribution in [0.3, 0.4) is 0 Å². The van der Waals surface area contributed by atoms with E-state index < -0.39 is 39.8 Å². The van der Waals surface area contributed by atoms with Gasteiger partial charge in [-0.05, 0) is 12.0 Å². The number of nitro benzene ring substituents is 1. The van der Waals surface area contributed by atoms with E-state index >= 15 is 0 Å². The average molecular weight is 302 g/mol. The van der Waals surface area contributed by atoms with E-state index in [0.717, 1.165) is 0 Å². The van der Waals surface area contributed by atoms with Gasteiger partial charge in [0, 0.05) is 7.11 Å². The summed E-state index contributed by atoms with van der Waals surface area (Å²) in [5.41, 5.74) is -1.31. The van der Waals surface area contributed by atoms with Crippen LogP contribution in [-0.2, 0) is 4.74 Å². The third-order valence-electron chi connectivity index (χ3n) is 2.95. The SMILES string of the molecule is COCC(NC(=O)c1cc(F)c(F)cc1[N+](=O)[O-])C(C)C. The standard InChI is InChI=1S/C13H16F2N2O4/c1-7(2)11(6-21-3)16-13(18)8-4-9(14)10(15)5-12(8)17(19)20/h4-5,7,11H,6H2,1-3H3,(H,16,18). The van der Waals surface area contributed by atoms with Crippen LogP contribution in [0.15, 0.2) is 12.1 Å². The number of benzene rings is 1. The molecule has 1 N–H and O–H groups in total. The van der Waals surface area contributed by atoms with Crippen molar-refractivity contribution in [3.8, 4) is 0 Å². The molecule has 0 heterocycles. The molecule has 0 radical (unpaired) electrons. The molecule has 0 fully saturated rings. The number of nitrogens with zero attached hydrogens (tertiary/aromatic N) is 1. The van der Waals surface area contributed by atoms with E-state index in [1.165, 1.54) is 7.11 Å². The summed E-state index contributed by atoms with van der Waals surface area (Å²) in [5, 5.41) is 13.4. The molecule has 1 aromatic rings. The van der Waals surface area contributed by atoms with Gasteiger partial charge >= 0.3 is 0 Å². The van der Waals surface area contributed by atoms with Gasteiger partial charge in [0.2, 0.25) is 0 Å². The minimum Gasteiger partial charge on any atom is -0.383 e. The fourth-order valence-corrected chi connectivity index (χ4v) is 1.70. The zero-order chi connectivity index (χ0) is 16.2. The Kier molecular flexibility index (Phi) is 5.71. The smallest absolute Gasteiger partial charge is 0.285 e. The van der Waals surface area contributed by atoms with Crippen molar-refractivity contribution in [3.05, 3.63) is 39.4 Å². The number of halogens is 2. The van der Waals surface area contributed by atoms with E-state index in [2.05, 4.69) is 5.32 Å². The number of rotatable bonds is 6. The molecule has 116 valence electrons. The Morgan fingerprint density at radius 2 is 1.95 bits per heavy atom. The van der Waals surface area contributed by atoms with Crippen LogP contribution in [-0.4, -0.2) is 30.6 Å². The van der Waals surface area contributed by atoms with E-state index in [4.69, 9.17) is 4.74 Å². The molecule has 1 amide bonds. The van der Waals surface area contributed by atoms with Gasteiger partial charge in [-0.1, -0.05) is 13.8 Å². The lowest BCUT2D eigenvalue weighted by molar-refractivity contribution is -0.385. The summed E-state index contributed by atoms with van der Waals surface area (Å²) < 4.78 is 31.2. The van der Waals surface area contributed by atoms with E-state index in [0.29, 0.717) is 12.1 Å². The van der Waals surface area contributed by atoms with Gasteiger partial charge in [-0.25, -0.2) is 8.78 Å². The van der Waals surface area contributed by atoms with Crippen LogP contribution in [0.2, 0.25) is 0 Å². The first kappa shape index (κ1) is 17.0. The van der Waals surface area contributed by atoms with Gasteiger partial charge < -0.3 is 10.1 Å². The normalized spacial score (nSPS) is 12.3. The minimum atomic E-state index is -1.38. The van der Waals surface area contributed by atoms with Gasteiger partial charge in [0.25, 0.3) is 11.6 Å². The first-order valence-corrected chi connectivity index (χ1v) is 6.21. The summed E-state index contributed by atoms with van der Waals surface area (Å²) in [6.07, 6.45) is 0. The largest absolute Gasteiger partial charge is 0.383 e. The minimum absolute atomic E-state index is 0.00162. The van der Waals surface area contributed by atoms with Gasteiger partial charge in [-0.15, -0.1) is 0 Å². The highest BCUT2D eigenvalue weighted by Gasteiger charge is 2.26. The first-order valence-electron chi connectivity index (χ1n) is 6.21. The van der Waals surface area contributed by atoms with E-state index in [9.17, 15) is 23.7 Å². The molecule has 1 aromatic carbocycles. The lowest BCUT2D eigenvalue weighted by Crippen LogP contribution is -2.41. The fourth-order valence-electron chi connectivity index (χ4n) is 1.70. The number of nitro groups is 1. The second-order valence-corrected chi connectivity index (χ2v) is 4.82. The summed E-state index contributed by atoms with van der Waals surface area (Å²) in [7, 11) is 1.45. The molecule has 6 nitrogen and oxygen atoms in total. The number of carbonyl (C=O) groups is 1. The Morgan fingerprint density at radius 1 is 1.38 bits per heavy atom. The monoisotopic (exact) mass is 302 g/mol. The van der Waals surface area contributed by atoms with Crippen LogP contribution >= 0.6 is 0 Å². The summed E-state index contributed by atoms with van der Waals surface area (Å²) in [4.78, 5) is 22.0. The number of amides is 1. The van der Waals surface area contributed by atoms with Crippen LogP contribution in [0.4, 0.5) is 14.5 Å². The molecule has 0 aliphatic carbocycles. The van der Waals surface area contributed by atoms with E-state index in [1.54, 1.807) is 0 Å². The lowest BCUT2D eigenvalue weighted by atomic mass is 10.0. The Labute approximate surface area is 120 Å². The molecular weight excluding hydrogens is 286 g/mol. The second kappa shape index (κ2) is 7.07. The molecule has 0 aliphatic rings. The Morgan fingerprint density at radius 3 is 2.43 bits per heavy atom. The topological polar surface area (TPSA) is 81.5 Å². The number of ether oxygens (including phenoxy) is 1. The summed E-state index contributed by atoms with van der Waals surface area (Å²) in [6.45, 7) is 3.84. The van der Waals surface area contributed by atoms with E-state index in [1.807, 2.05) is 13.8 Å². The van der Waals surface area contributed by atoms with Gasteiger partial charge in [0.15, 0.2) is 11.6 Å². The number of methoxy groups -OCH3 is 1. The van der Waals surface area contributed by atoms with Crippen molar-refractivity contribution < 1.29 is 23.2 Å². The lowest BCUT2D eigenvalue weighted by Gasteiger charge is -2.21. The quantitative estimate of drug-likeness (QED) is 0.645. The maximum absolute atomic E-state index is 13.2. The molecule has 0 spiro atoms. The predicted molar refractivity (Wildman–Crippen MR) is 71.0 cm³/mol.